The Morgan fingerprint density at radius 2 is 1.74 bits per heavy atom. The average Bonchev–Trinajstić information content (AvgIpc) is 2.38. The third-order valence-electron chi connectivity index (χ3n) is 2.60. The molecule has 0 amide bonds. The van der Waals surface area contributed by atoms with E-state index in [4.69, 9.17) is 4.74 Å². The quantitative estimate of drug-likeness (QED) is 0.798. The molecule has 2 nitrogen and oxygen atoms in total. The summed E-state index contributed by atoms with van der Waals surface area (Å²) in [5.41, 5.74) is -0.391. The minimum atomic E-state index is -0.947. The third kappa shape index (κ3) is 2.66. The van der Waals surface area contributed by atoms with E-state index in [1.807, 2.05) is 0 Å². The molecule has 0 aliphatic heterocycles. The van der Waals surface area contributed by atoms with Crippen molar-refractivity contribution in [1.82, 2.24) is 0 Å². The van der Waals surface area contributed by atoms with Crippen molar-refractivity contribution in [3.63, 3.8) is 0 Å². The fraction of sp³-hybridized carbons (Fsp3) is 0.0714. The maximum atomic E-state index is 13.8. The van der Waals surface area contributed by atoms with E-state index in [-0.39, 0.29) is 11.3 Å². The molecular formula is C14H9BrF2O2. The molecule has 0 aliphatic carbocycles. The van der Waals surface area contributed by atoms with Gasteiger partial charge in [-0.2, -0.15) is 0 Å². The van der Waals surface area contributed by atoms with Crippen LogP contribution in [0.15, 0.2) is 40.9 Å². The number of benzene rings is 2. The van der Waals surface area contributed by atoms with Crippen LogP contribution in [0.4, 0.5) is 8.78 Å². The van der Waals surface area contributed by atoms with Crippen LogP contribution in [0, 0.1) is 11.6 Å². The first kappa shape index (κ1) is 13.7. The Morgan fingerprint density at radius 3 is 2.26 bits per heavy atom. The molecule has 0 aromatic heterocycles. The summed E-state index contributed by atoms with van der Waals surface area (Å²) in [6.45, 7) is 0. The number of ketones is 1. The van der Waals surface area contributed by atoms with Gasteiger partial charge in [0.15, 0.2) is 5.78 Å². The number of hydrogen-bond acceptors (Lipinski definition) is 2. The fourth-order valence-electron chi connectivity index (χ4n) is 1.66. The number of rotatable bonds is 3. The molecule has 0 fully saturated rings. The van der Waals surface area contributed by atoms with Crippen LogP contribution in [-0.4, -0.2) is 12.9 Å². The second kappa shape index (κ2) is 5.48. The second-order valence-corrected chi connectivity index (χ2v) is 4.63. The van der Waals surface area contributed by atoms with E-state index >= 15 is 0 Å². The van der Waals surface area contributed by atoms with Crippen molar-refractivity contribution in [2.45, 2.75) is 0 Å². The van der Waals surface area contributed by atoms with Gasteiger partial charge >= 0.3 is 0 Å². The molecule has 0 saturated heterocycles. The van der Waals surface area contributed by atoms with Crippen LogP contribution in [0.5, 0.6) is 5.75 Å². The molecule has 0 radical (unpaired) electrons. The number of halogens is 3. The summed E-state index contributed by atoms with van der Waals surface area (Å²) in [6.07, 6.45) is 0. The maximum Gasteiger partial charge on any atom is 0.200 e. The highest BCUT2D eigenvalue weighted by molar-refractivity contribution is 9.10. The van der Waals surface area contributed by atoms with Gasteiger partial charge in [-0.15, -0.1) is 0 Å². The van der Waals surface area contributed by atoms with Crippen molar-refractivity contribution >= 4 is 21.7 Å². The van der Waals surface area contributed by atoms with Crippen molar-refractivity contribution in [2.24, 2.45) is 0 Å². The molecule has 5 heteroatoms. The smallest absolute Gasteiger partial charge is 0.200 e. The van der Waals surface area contributed by atoms with Crippen LogP contribution >= 0.6 is 15.9 Å². The Kier molecular flexibility index (Phi) is 3.95. The van der Waals surface area contributed by atoms with Crippen LogP contribution in [0.2, 0.25) is 0 Å². The zero-order valence-corrected chi connectivity index (χ0v) is 11.5. The van der Waals surface area contributed by atoms with Crippen molar-refractivity contribution < 1.29 is 18.3 Å². The summed E-state index contributed by atoms with van der Waals surface area (Å²) in [4.78, 5) is 12.2. The highest BCUT2D eigenvalue weighted by atomic mass is 79.9. The van der Waals surface area contributed by atoms with E-state index in [0.717, 1.165) is 12.1 Å². The third-order valence-corrected chi connectivity index (χ3v) is 3.29. The van der Waals surface area contributed by atoms with Gasteiger partial charge in [0.2, 0.25) is 0 Å². The average molecular weight is 327 g/mol. The normalized spacial score (nSPS) is 10.3. The molecule has 0 N–H and O–H groups in total. The van der Waals surface area contributed by atoms with Gasteiger partial charge in [0, 0.05) is 22.2 Å². The van der Waals surface area contributed by atoms with Gasteiger partial charge in [-0.25, -0.2) is 8.78 Å². The minimum absolute atomic E-state index is 0.0266. The number of carbonyl (C=O) groups excluding carboxylic acids is 1. The topological polar surface area (TPSA) is 26.3 Å². The molecule has 2 aromatic rings. The van der Waals surface area contributed by atoms with E-state index < -0.39 is 23.0 Å². The number of carbonyl (C=O) groups is 1. The van der Waals surface area contributed by atoms with Crippen LogP contribution in [0.25, 0.3) is 0 Å². The highest BCUT2D eigenvalue weighted by Gasteiger charge is 2.21. The molecule has 0 saturated carbocycles. The van der Waals surface area contributed by atoms with Gasteiger partial charge in [-0.1, -0.05) is 28.1 Å². The first-order valence-corrected chi connectivity index (χ1v) is 6.16. The molecule has 0 aliphatic rings. The summed E-state index contributed by atoms with van der Waals surface area (Å²) in [6, 6.07) is 8.42. The summed E-state index contributed by atoms with van der Waals surface area (Å²) in [5.74, 6) is -2.58. The molecule has 98 valence electrons. The largest absolute Gasteiger partial charge is 0.497 e. The second-order valence-electron chi connectivity index (χ2n) is 3.78. The summed E-state index contributed by atoms with van der Waals surface area (Å²) < 4.78 is 32.8. The first-order valence-electron chi connectivity index (χ1n) is 5.37. The lowest BCUT2D eigenvalue weighted by molar-refractivity contribution is 0.103. The molecule has 0 bridgehead atoms. The lowest BCUT2D eigenvalue weighted by Gasteiger charge is -2.08. The molecule has 2 aromatic carbocycles. The zero-order chi connectivity index (χ0) is 14.0. The standard InChI is InChI=1S/C14H9BrF2O2/c1-19-8-6-11(16)13(12(17)7-8)14(18)9-4-2-3-5-10(9)15/h2-7H,1H3. The molecule has 0 unspecified atom stereocenters. The Labute approximate surface area is 117 Å². The lowest BCUT2D eigenvalue weighted by atomic mass is 10.0. The predicted octanol–water partition coefficient (Wildman–Crippen LogP) is 3.97. The van der Waals surface area contributed by atoms with Gasteiger partial charge in [0.05, 0.1) is 12.7 Å². The van der Waals surface area contributed by atoms with E-state index in [1.165, 1.54) is 13.2 Å². The Balaban J connectivity index is 2.54. The molecule has 0 heterocycles. The van der Waals surface area contributed by atoms with E-state index in [0.29, 0.717) is 4.47 Å². The molecular weight excluding hydrogens is 318 g/mol. The zero-order valence-electron chi connectivity index (χ0n) is 9.91. The molecule has 2 rings (SSSR count). The highest BCUT2D eigenvalue weighted by Crippen LogP contribution is 2.25. The predicted molar refractivity (Wildman–Crippen MR) is 70.5 cm³/mol. The van der Waals surface area contributed by atoms with Gasteiger partial charge in [0.25, 0.3) is 0 Å². The van der Waals surface area contributed by atoms with Gasteiger partial charge < -0.3 is 4.74 Å². The van der Waals surface area contributed by atoms with Crippen LogP contribution in [0.1, 0.15) is 15.9 Å². The van der Waals surface area contributed by atoms with Crippen LogP contribution in [0.3, 0.4) is 0 Å². The van der Waals surface area contributed by atoms with E-state index in [2.05, 4.69) is 15.9 Å². The van der Waals surface area contributed by atoms with Gasteiger partial charge in [-0.3, -0.25) is 4.79 Å². The number of hydrogen-bond donors (Lipinski definition) is 0. The SMILES string of the molecule is COc1cc(F)c(C(=O)c2ccccc2Br)c(F)c1. The fourth-order valence-corrected chi connectivity index (χ4v) is 2.13. The summed E-state index contributed by atoms with van der Waals surface area (Å²) in [5, 5.41) is 0. The summed E-state index contributed by atoms with van der Waals surface area (Å²) >= 11 is 3.18. The minimum Gasteiger partial charge on any atom is -0.497 e. The van der Waals surface area contributed by atoms with Gasteiger partial charge in [-0.05, 0) is 12.1 Å². The van der Waals surface area contributed by atoms with Gasteiger partial charge in [0.1, 0.15) is 17.4 Å². The van der Waals surface area contributed by atoms with Crippen molar-refractivity contribution in [1.29, 1.82) is 0 Å². The van der Waals surface area contributed by atoms with E-state index in [1.54, 1.807) is 18.2 Å². The first-order chi connectivity index (χ1) is 9.04. The van der Waals surface area contributed by atoms with Crippen molar-refractivity contribution in [3.8, 4) is 5.75 Å². The molecule has 0 spiro atoms. The van der Waals surface area contributed by atoms with Crippen molar-refractivity contribution in [3.05, 3.63) is 63.6 Å². The van der Waals surface area contributed by atoms with Crippen LogP contribution in [-0.2, 0) is 0 Å². The van der Waals surface area contributed by atoms with E-state index in [9.17, 15) is 13.6 Å². The molecule has 19 heavy (non-hydrogen) atoms. The van der Waals surface area contributed by atoms with Crippen molar-refractivity contribution in [2.75, 3.05) is 7.11 Å². The number of methoxy groups -OCH3 is 1. The molecule has 0 atom stereocenters. The maximum absolute atomic E-state index is 13.8. The monoisotopic (exact) mass is 326 g/mol. The number of ether oxygens (including phenoxy) is 1. The Morgan fingerprint density at radius 1 is 1.16 bits per heavy atom. The lowest BCUT2D eigenvalue weighted by Crippen LogP contribution is -2.08. The van der Waals surface area contributed by atoms with Crippen LogP contribution < -0.4 is 4.74 Å². The Bertz CT molecular complexity index is 618. The summed E-state index contributed by atoms with van der Waals surface area (Å²) in [7, 11) is 1.30. The Hall–Kier alpha value is -1.75.